The minimum absolute atomic E-state index is 0.0641. The predicted octanol–water partition coefficient (Wildman–Crippen LogP) is -0.160. The number of furan rings is 1. The first-order valence-corrected chi connectivity index (χ1v) is 5.99. The predicted molar refractivity (Wildman–Crippen MR) is 70.0 cm³/mol. The first-order valence-electron chi connectivity index (χ1n) is 5.99. The molecule has 0 aliphatic rings. The Morgan fingerprint density at radius 2 is 2.16 bits per heavy atom. The zero-order valence-electron chi connectivity index (χ0n) is 11.4. The molecule has 0 saturated heterocycles. The Morgan fingerprint density at radius 1 is 1.47 bits per heavy atom. The first kappa shape index (κ1) is 15.2. The van der Waals surface area contributed by atoms with Crippen LogP contribution in [0.4, 0.5) is 0 Å². The standard InChI is InChI=1S/C12H20N4O3/c1-8(2)14-10(17)7-16(3)6-9-4-5-19-11(9)12(18)15-13/h4-5,8H,6-7,13H2,1-3H3,(H,14,17)(H,15,18). The number of nitrogens with one attached hydrogen (secondary N) is 2. The monoisotopic (exact) mass is 268 g/mol. The van der Waals surface area contributed by atoms with Gasteiger partial charge < -0.3 is 9.73 Å². The molecular weight excluding hydrogens is 248 g/mol. The second-order valence-electron chi connectivity index (χ2n) is 4.64. The third-order valence-corrected chi connectivity index (χ3v) is 2.39. The highest BCUT2D eigenvalue weighted by atomic mass is 16.3. The van der Waals surface area contributed by atoms with Crippen LogP contribution in [0, 0.1) is 0 Å². The molecule has 0 saturated carbocycles. The van der Waals surface area contributed by atoms with Crippen molar-refractivity contribution in [3.05, 3.63) is 23.7 Å². The number of likely N-dealkylation sites (N-methyl/N-ethyl adjacent to an activating group) is 1. The number of amides is 2. The Morgan fingerprint density at radius 3 is 2.74 bits per heavy atom. The van der Waals surface area contributed by atoms with Crippen molar-refractivity contribution in [3.63, 3.8) is 0 Å². The number of carbonyl (C=O) groups is 2. The van der Waals surface area contributed by atoms with Gasteiger partial charge in [0.15, 0.2) is 5.76 Å². The fourth-order valence-corrected chi connectivity index (χ4v) is 1.68. The summed E-state index contributed by atoms with van der Waals surface area (Å²) < 4.78 is 5.07. The van der Waals surface area contributed by atoms with Gasteiger partial charge in [-0.2, -0.15) is 0 Å². The molecule has 0 aromatic carbocycles. The van der Waals surface area contributed by atoms with Gasteiger partial charge in [-0.05, 0) is 27.0 Å². The molecule has 2 amide bonds. The molecule has 0 bridgehead atoms. The average Bonchev–Trinajstić information content (AvgIpc) is 2.74. The molecular formula is C12H20N4O3. The number of nitrogens with two attached hydrogens (primary N) is 1. The van der Waals surface area contributed by atoms with Crippen molar-refractivity contribution in [3.8, 4) is 0 Å². The maximum atomic E-state index is 11.6. The largest absolute Gasteiger partial charge is 0.459 e. The van der Waals surface area contributed by atoms with E-state index in [1.54, 1.807) is 18.0 Å². The fourth-order valence-electron chi connectivity index (χ4n) is 1.68. The summed E-state index contributed by atoms with van der Waals surface area (Å²) in [6.07, 6.45) is 1.42. The van der Waals surface area contributed by atoms with Crippen LogP contribution in [0.15, 0.2) is 16.7 Å². The van der Waals surface area contributed by atoms with E-state index in [-0.39, 0.29) is 24.3 Å². The van der Waals surface area contributed by atoms with Gasteiger partial charge in [-0.15, -0.1) is 0 Å². The van der Waals surface area contributed by atoms with Crippen LogP contribution in [0.1, 0.15) is 30.0 Å². The van der Waals surface area contributed by atoms with Gasteiger partial charge in [-0.1, -0.05) is 0 Å². The lowest BCUT2D eigenvalue weighted by Gasteiger charge is -2.17. The van der Waals surface area contributed by atoms with Crippen LogP contribution >= 0.6 is 0 Å². The van der Waals surface area contributed by atoms with E-state index in [4.69, 9.17) is 10.3 Å². The van der Waals surface area contributed by atoms with Crippen molar-refractivity contribution in [2.24, 2.45) is 5.84 Å². The maximum absolute atomic E-state index is 11.6. The number of nitrogens with zero attached hydrogens (tertiary/aromatic N) is 1. The van der Waals surface area contributed by atoms with E-state index in [1.165, 1.54) is 6.26 Å². The molecule has 1 aromatic rings. The number of nitrogen functional groups attached to an aromatic ring is 1. The lowest BCUT2D eigenvalue weighted by atomic mass is 10.2. The zero-order chi connectivity index (χ0) is 14.4. The average molecular weight is 268 g/mol. The highest BCUT2D eigenvalue weighted by Crippen LogP contribution is 2.12. The topological polar surface area (TPSA) is 101 Å². The van der Waals surface area contributed by atoms with E-state index in [1.807, 2.05) is 19.3 Å². The Hall–Kier alpha value is -1.86. The molecule has 1 rings (SSSR count). The van der Waals surface area contributed by atoms with E-state index in [2.05, 4.69) is 5.32 Å². The van der Waals surface area contributed by atoms with Crippen molar-refractivity contribution < 1.29 is 14.0 Å². The smallest absolute Gasteiger partial charge is 0.301 e. The summed E-state index contributed by atoms with van der Waals surface area (Å²) in [7, 11) is 1.79. The lowest BCUT2D eigenvalue weighted by molar-refractivity contribution is -0.122. The summed E-state index contributed by atoms with van der Waals surface area (Å²) in [6.45, 7) is 4.47. The molecule has 0 atom stereocenters. The van der Waals surface area contributed by atoms with Gasteiger partial charge in [-0.3, -0.25) is 19.9 Å². The Labute approximate surface area is 112 Å². The molecule has 1 aromatic heterocycles. The molecule has 0 fully saturated rings. The van der Waals surface area contributed by atoms with Gasteiger partial charge in [-0.25, -0.2) is 5.84 Å². The Bertz CT molecular complexity index is 442. The van der Waals surface area contributed by atoms with Gasteiger partial charge in [0, 0.05) is 18.2 Å². The van der Waals surface area contributed by atoms with E-state index < -0.39 is 5.91 Å². The maximum Gasteiger partial charge on any atom is 0.301 e. The highest BCUT2D eigenvalue weighted by Gasteiger charge is 2.16. The second kappa shape index (κ2) is 6.91. The molecule has 0 radical (unpaired) electrons. The van der Waals surface area contributed by atoms with Crippen molar-refractivity contribution in [2.75, 3.05) is 13.6 Å². The molecule has 4 N–H and O–H groups in total. The normalized spacial score (nSPS) is 10.8. The molecule has 1 heterocycles. The third-order valence-electron chi connectivity index (χ3n) is 2.39. The van der Waals surface area contributed by atoms with Crippen LogP contribution in [-0.4, -0.2) is 36.3 Å². The summed E-state index contributed by atoms with van der Waals surface area (Å²) in [6, 6.07) is 1.79. The summed E-state index contributed by atoms with van der Waals surface area (Å²) in [5.74, 6) is 4.68. The van der Waals surface area contributed by atoms with E-state index in [9.17, 15) is 9.59 Å². The Balaban J connectivity index is 2.57. The van der Waals surface area contributed by atoms with Gasteiger partial charge in [0.1, 0.15) is 0 Å². The summed E-state index contributed by atoms with van der Waals surface area (Å²) in [5, 5.41) is 2.80. The molecule has 7 nitrogen and oxygen atoms in total. The molecule has 0 unspecified atom stereocenters. The van der Waals surface area contributed by atoms with E-state index in [0.29, 0.717) is 12.1 Å². The molecule has 0 spiro atoms. The van der Waals surface area contributed by atoms with Gasteiger partial charge >= 0.3 is 5.91 Å². The number of hydrogen-bond acceptors (Lipinski definition) is 5. The second-order valence-corrected chi connectivity index (χ2v) is 4.64. The third kappa shape index (κ3) is 4.72. The Kier molecular flexibility index (Phi) is 5.53. The minimum Gasteiger partial charge on any atom is -0.459 e. The highest BCUT2D eigenvalue weighted by molar-refractivity contribution is 5.92. The first-order chi connectivity index (χ1) is 8.93. The molecule has 0 aliphatic heterocycles. The van der Waals surface area contributed by atoms with Crippen LogP contribution in [0.5, 0.6) is 0 Å². The fraction of sp³-hybridized carbons (Fsp3) is 0.500. The van der Waals surface area contributed by atoms with E-state index >= 15 is 0 Å². The summed E-state index contributed by atoms with van der Waals surface area (Å²) in [5.41, 5.74) is 2.70. The molecule has 7 heteroatoms. The summed E-state index contributed by atoms with van der Waals surface area (Å²) >= 11 is 0. The number of rotatable bonds is 6. The quantitative estimate of drug-likeness (QED) is 0.378. The molecule has 0 aliphatic carbocycles. The van der Waals surface area contributed by atoms with Crippen LogP contribution in [0.25, 0.3) is 0 Å². The van der Waals surface area contributed by atoms with Gasteiger partial charge in [0.05, 0.1) is 12.8 Å². The van der Waals surface area contributed by atoms with Crippen LogP contribution in [0.2, 0.25) is 0 Å². The molecule has 19 heavy (non-hydrogen) atoms. The van der Waals surface area contributed by atoms with Crippen molar-refractivity contribution in [1.29, 1.82) is 0 Å². The van der Waals surface area contributed by atoms with Crippen LogP contribution in [0.3, 0.4) is 0 Å². The van der Waals surface area contributed by atoms with Gasteiger partial charge in [0.2, 0.25) is 5.91 Å². The van der Waals surface area contributed by atoms with Crippen LogP contribution < -0.4 is 16.6 Å². The van der Waals surface area contributed by atoms with Crippen molar-refractivity contribution >= 4 is 11.8 Å². The number of hydrogen-bond donors (Lipinski definition) is 3. The summed E-state index contributed by atoms with van der Waals surface area (Å²) in [4.78, 5) is 24.8. The van der Waals surface area contributed by atoms with Crippen molar-refractivity contribution in [2.45, 2.75) is 26.4 Å². The van der Waals surface area contributed by atoms with E-state index in [0.717, 1.165) is 0 Å². The van der Waals surface area contributed by atoms with Gasteiger partial charge in [0.25, 0.3) is 0 Å². The minimum atomic E-state index is -0.486. The van der Waals surface area contributed by atoms with Crippen LogP contribution in [-0.2, 0) is 11.3 Å². The SMILES string of the molecule is CC(C)NC(=O)CN(C)Cc1ccoc1C(=O)NN. The van der Waals surface area contributed by atoms with Crippen molar-refractivity contribution in [1.82, 2.24) is 15.6 Å². The molecule has 106 valence electrons. The zero-order valence-corrected chi connectivity index (χ0v) is 11.4. The number of carbonyl (C=O) groups excluding carboxylic acids is 2. The number of hydrazine groups is 1. The lowest BCUT2D eigenvalue weighted by Crippen LogP contribution is -2.38.